The predicted octanol–water partition coefficient (Wildman–Crippen LogP) is 4.06. The van der Waals surface area contributed by atoms with Gasteiger partial charge in [-0.25, -0.2) is 4.79 Å². The molecule has 1 N–H and O–H groups in total. The number of anilines is 1. The van der Waals surface area contributed by atoms with Crippen LogP contribution in [0.1, 0.15) is 16.1 Å². The van der Waals surface area contributed by atoms with Crippen LogP contribution >= 0.6 is 11.8 Å². The number of benzene rings is 2. The highest BCUT2D eigenvalue weighted by atomic mass is 32.2. The highest BCUT2D eigenvalue weighted by Crippen LogP contribution is 2.27. The van der Waals surface area contributed by atoms with E-state index in [9.17, 15) is 9.59 Å². The van der Waals surface area contributed by atoms with Gasteiger partial charge in [0.15, 0.2) is 6.61 Å². The van der Waals surface area contributed by atoms with Gasteiger partial charge in [0.1, 0.15) is 17.0 Å². The molecule has 0 radical (unpaired) electrons. The Morgan fingerprint density at radius 2 is 1.90 bits per heavy atom. The van der Waals surface area contributed by atoms with Crippen molar-refractivity contribution in [3.63, 3.8) is 0 Å². The van der Waals surface area contributed by atoms with Crippen molar-refractivity contribution in [1.29, 1.82) is 5.26 Å². The summed E-state index contributed by atoms with van der Waals surface area (Å²) in [5.41, 5.74) is 1.82. The monoisotopic (exact) mass is 407 g/mol. The van der Waals surface area contributed by atoms with E-state index < -0.39 is 18.5 Å². The van der Waals surface area contributed by atoms with Gasteiger partial charge in [-0.05, 0) is 19.1 Å². The summed E-state index contributed by atoms with van der Waals surface area (Å²) < 4.78 is 10.3. The molecule has 29 heavy (non-hydrogen) atoms. The van der Waals surface area contributed by atoms with Gasteiger partial charge in [-0.3, -0.25) is 4.79 Å². The number of carbonyl (C=O) groups is 2. The van der Waals surface area contributed by atoms with E-state index in [0.29, 0.717) is 22.7 Å². The molecule has 0 unspecified atom stereocenters. The summed E-state index contributed by atoms with van der Waals surface area (Å²) in [5, 5.41) is 15.4. The molecule has 1 amide bonds. The number of nitrogens with one attached hydrogen (secondary N) is 1. The number of aromatic nitrogens is 1. The van der Waals surface area contributed by atoms with Crippen LogP contribution in [0.3, 0.4) is 0 Å². The van der Waals surface area contributed by atoms with Crippen molar-refractivity contribution in [3.8, 4) is 17.3 Å². The largest absolute Gasteiger partial charge is 0.452 e. The standard InChI is InChI=1S/C21H17N3O4S/c1-14-19(20(24-28-14)15-7-3-2-4-8-15)21(26)27-13-18(25)23-16-9-5-6-10-17(16)29-12-11-22/h2-10H,12-13H2,1H3,(H,23,25). The van der Waals surface area contributed by atoms with Crippen LogP contribution in [-0.2, 0) is 9.53 Å². The molecule has 0 aliphatic heterocycles. The number of esters is 1. The lowest BCUT2D eigenvalue weighted by molar-refractivity contribution is -0.119. The van der Waals surface area contributed by atoms with Gasteiger partial charge in [0.25, 0.3) is 5.91 Å². The molecule has 3 rings (SSSR count). The summed E-state index contributed by atoms with van der Waals surface area (Å²) in [6.07, 6.45) is 0. The van der Waals surface area contributed by atoms with Gasteiger partial charge in [0.2, 0.25) is 0 Å². The molecule has 0 bridgehead atoms. The number of thioether (sulfide) groups is 1. The molecule has 0 atom stereocenters. The number of aryl methyl sites for hydroxylation is 1. The number of amides is 1. The van der Waals surface area contributed by atoms with Crippen molar-refractivity contribution in [2.75, 3.05) is 17.7 Å². The third kappa shape index (κ3) is 5.03. The minimum absolute atomic E-state index is 0.189. The molecule has 8 heteroatoms. The lowest BCUT2D eigenvalue weighted by Gasteiger charge is -2.10. The molecule has 2 aromatic carbocycles. The van der Waals surface area contributed by atoms with Gasteiger partial charge in [-0.1, -0.05) is 47.6 Å². The minimum atomic E-state index is -0.690. The Hall–Kier alpha value is -3.57. The van der Waals surface area contributed by atoms with Gasteiger partial charge >= 0.3 is 5.97 Å². The van der Waals surface area contributed by atoms with E-state index in [2.05, 4.69) is 10.5 Å². The normalized spacial score (nSPS) is 10.2. The van der Waals surface area contributed by atoms with Gasteiger partial charge < -0.3 is 14.6 Å². The first-order valence-corrected chi connectivity index (χ1v) is 9.66. The molecular formula is C21H17N3O4S. The van der Waals surface area contributed by atoms with E-state index in [4.69, 9.17) is 14.5 Å². The van der Waals surface area contributed by atoms with E-state index in [1.54, 1.807) is 37.3 Å². The van der Waals surface area contributed by atoms with Crippen LogP contribution in [0.25, 0.3) is 11.3 Å². The second-order valence-corrected chi connectivity index (χ2v) is 6.91. The van der Waals surface area contributed by atoms with E-state index in [-0.39, 0.29) is 11.3 Å². The first-order chi connectivity index (χ1) is 14.1. The summed E-state index contributed by atoms with van der Waals surface area (Å²) in [7, 11) is 0. The van der Waals surface area contributed by atoms with Crippen LogP contribution in [0, 0.1) is 18.3 Å². The second-order valence-electron chi connectivity index (χ2n) is 5.90. The van der Waals surface area contributed by atoms with Crippen molar-refractivity contribution in [3.05, 3.63) is 65.9 Å². The van der Waals surface area contributed by atoms with Crippen LogP contribution in [0.15, 0.2) is 64.0 Å². The first-order valence-electron chi connectivity index (χ1n) is 8.67. The zero-order valence-corrected chi connectivity index (χ0v) is 16.4. The molecule has 1 aromatic heterocycles. The number of carbonyl (C=O) groups excluding carboxylic acids is 2. The Morgan fingerprint density at radius 3 is 2.66 bits per heavy atom. The van der Waals surface area contributed by atoms with Crippen LogP contribution < -0.4 is 5.32 Å². The number of hydrogen-bond donors (Lipinski definition) is 1. The average Bonchev–Trinajstić information content (AvgIpc) is 3.13. The van der Waals surface area contributed by atoms with E-state index in [1.807, 2.05) is 30.3 Å². The SMILES string of the molecule is Cc1onc(-c2ccccc2)c1C(=O)OCC(=O)Nc1ccccc1SCC#N. The summed E-state index contributed by atoms with van der Waals surface area (Å²) >= 11 is 1.31. The summed E-state index contributed by atoms with van der Waals surface area (Å²) in [6.45, 7) is 1.15. The van der Waals surface area contributed by atoms with Gasteiger partial charge in [-0.2, -0.15) is 5.26 Å². The molecule has 0 saturated carbocycles. The summed E-state index contributed by atoms with van der Waals surface area (Å²) in [6, 6.07) is 18.3. The van der Waals surface area contributed by atoms with Crippen molar-refractivity contribution in [2.45, 2.75) is 11.8 Å². The van der Waals surface area contributed by atoms with Crippen molar-refractivity contribution >= 4 is 29.3 Å². The van der Waals surface area contributed by atoms with Crippen molar-refractivity contribution in [1.82, 2.24) is 5.16 Å². The van der Waals surface area contributed by atoms with Crippen LogP contribution in [0.4, 0.5) is 5.69 Å². The van der Waals surface area contributed by atoms with Gasteiger partial charge in [0, 0.05) is 10.5 Å². The molecule has 1 heterocycles. The van der Waals surface area contributed by atoms with Crippen LogP contribution in [-0.4, -0.2) is 29.4 Å². The van der Waals surface area contributed by atoms with Crippen molar-refractivity contribution < 1.29 is 18.8 Å². The number of ether oxygens (including phenoxy) is 1. The number of rotatable bonds is 7. The molecular weight excluding hydrogens is 390 g/mol. The first kappa shape index (κ1) is 20.2. The lowest BCUT2D eigenvalue weighted by atomic mass is 10.1. The maximum absolute atomic E-state index is 12.5. The maximum Gasteiger partial charge on any atom is 0.344 e. The minimum Gasteiger partial charge on any atom is -0.452 e. The van der Waals surface area contributed by atoms with Crippen LogP contribution in [0.2, 0.25) is 0 Å². The number of nitrogens with zero attached hydrogens (tertiary/aromatic N) is 2. The number of nitriles is 1. The molecule has 146 valence electrons. The Labute approximate surface area is 171 Å². The zero-order chi connectivity index (χ0) is 20.6. The number of hydrogen-bond acceptors (Lipinski definition) is 7. The highest BCUT2D eigenvalue weighted by molar-refractivity contribution is 7.99. The van der Waals surface area contributed by atoms with Gasteiger partial charge in [0.05, 0.1) is 17.5 Å². The fourth-order valence-electron chi connectivity index (χ4n) is 2.60. The van der Waals surface area contributed by atoms with Crippen molar-refractivity contribution in [2.24, 2.45) is 0 Å². The molecule has 0 saturated heterocycles. The second kappa shape index (κ2) is 9.57. The fraction of sp³-hybridized carbons (Fsp3) is 0.143. The summed E-state index contributed by atoms with van der Waals surface area (Å²) in [4.78, 5) is 25.6. The molecule has 0 aliphatic carbocycles. The highest BCUT2D eigenvalue weighted by Gasteiger charge is 2.23. The van der Waals surface area contributed by atoms with E-state index >= 15 is 0 Å². The summed E-state index contributed by atoms with van der Waals surface area (Å²) in [5.74, 6) is -0.604. The topological polar surface area (TPSA) is 105 Å². The van der Waals surface area contributed by atoms with Crippen LogP contribution in [0.5, 0.6) is 0 Å². The quantitative estimate of drug-likeness (QED) is 0.465. The predicted molar refractivity (Wildman–Crippen MR) is 108 cm³/mol. The third-order valence-electron chi connectivity index (χ3n) is 3.90. The maximum atomic E-state index is 12.5. The average molecular weight is 407 g/mol. The molecule has 0 aliphatic rings. The van der Waals surface area contributed by atoms with E-state index in [1.165, 1.54) is 11.8 Å². The molecule has 3 aromatic rings. The molecule has 7 nitrogen and oxygen atoms in total. The Kier molecular flexibility index (Phi) is 6.66. The Balaban J connectivity index is 1.66. The lowest BCUT2D eigenvalue weighted by Crippen LogP contribution is -2.21. The number of para-hydroxylation sites is 1. The smallest absolute Gasteiger partial charge is 0.344 e. The van der Waals surface area contributed by atoms with E-state index in [0.717, 1.165) is 4.90 Å². The Bertz CT molecular complexity index is 1060. The molecule has 0 spiro atoms. The zero-order valence-electron chi connectivity index (χ0n) is 15.5. The fourth-order valence-corrected chi connectivity index (χ4v) is 3.27. The Morgan fingerprint density at radius 1 is 1.17 bits per heavy atom. The van der Waals surface area contributed by atoms with Gasteiger partial charge in [-0.15, -0.1) is 11.8 Å². The molecule has 0 fully saturated rings. The third-order valence-corrected chi connectivity index (χ3v) is 4.84.